The van der Waals surface area contributed by atoms with Crippen LogP contribution in [0.4, 0.5) is 0 Å². The highest BCUT2D eigenvalue weighted by Crippen LogP contribution is 2.30. The molecule has 0 heterocycles. The van der Waals surface area contributed by atoms with Crippen LogP contribution in [0.2, 0.25) is 0 Å². The van der Waals surface area contributed by atoms with E-state index in [1.54, 1.807) is 6.08 Å². The molecule has 0 aromatic carbocycles. The molecular formula is C9H10O2. The zero-order chi connectivity index (χ0) is 7.90. The van der Waals surface area contributed by atoms with Crippen molar-refractivity contribution in [1.82, 2.24) is 0 Å². The summed E-state index contributed by atoms with van der Waals surface area (Å²) < 4.78 is 0. The van der Waals surface area contributed by atoms with Gasteiger partial charge in [0.2, 0.25) is 0 Å². The van der Waals surface area contributed by atoms with Crippen molar-refractivity contribution in [3.05, 3.63) is 24.3 Å². The van der Waals surface area contributed by atoms with Crippen molar-refractivity contribution in [3.63, 3.8) is 0 Å². The average molecular weight is 150 g/mol. The molecule has 0 spiro atoms. The molecule has 0 aromatic rings. The number of hydrogen-bond donors (Lipinski definition) is 1. The van der Waals surface area contributed by atoms with Crippen LogP contribution in [0.15, 0.2) is 24.3 Å². The Morgan fingerprint density at radius 2 is 2.36 bits per heavy atom. The van der Waals surface area contributed by atoms with Gasteiger partial charge < -0.3 is 5.11 Å². The third kappa shape index (κ3) is 0.942. The van der Waals surface area contributed by atoms with Crippen LogP contribution in [0.3, 0.4) is 0 Å². The van der Waals surface area contributed by atoms with E-state index in [1.807, 2.05) is 12.2 Å². The molecule has 2 heteroatoms. The first-order chi connectivity index (χ1) is 5.21. The summed E-state index contributed by atoms with van der Waals surface area (Å²) in [5, 5.41) is 9.68. The van der Waals surface area contributed by atoms with Gasteiger partial charge in [0.25, 0.3) is 0 Å². The molecule has 0 amide bonds. The third-order valence-electron chi connectivity index (χ3n) is 2.40. The zero-order valence-corrected chi connectivity index (χ0v) is 6.16. The van der Waals surface area contributed by atoms with Gasteiger partial charge in [0.15, 0.2) is 5.78 Å². The highest BCUT2D eigenvalue weighted by Gasteiger charge is 2.36. The molecule has 0 fully saturated rings. The van der Waals surface area contributed by atoms with Crippen LogP contribution < -0.4 is 0 Å². The second kappa shape index (κ2) is 2.05. The van der Waals surface area contributed by atoms with Crippen molar-refractivity contribution in [1.29, 1.82) is 0 Å². The van der Waals surface area contributed by atoms with Crippen molar-refractivity contribution >= 4 is 5.78 Å². The molecule has 2 atom stereocenters. The Morgan fingerprint density at radius 1 is 1.55 bits per heavy atom. The number of hydrogen-bond acceptors (Lipinski definition) is 2. The quantitative estimate of drug-likeness (QED) is 0.519. The second-order valence-electron chi connectivity index (χ2n) is 3.21. The van der Waals surface area contributed by atoms with Crippen LogP contribution in [-0.4, -0.2) is 16.5 Å². The number of carbonyl (C=O) groups is 1. The maximum absolute atomic E-state index is 11.2. The minimum Gasteiger partial charge on any atom is -0.378 e. The standard InChI is InChI=1S/C9H10O2/c10-8-2-1-7-3-5-9(8,11)6-4-7/h1-3,5,7,11H,4,6H2. The molecule has 0 saturated heterocycles. The summed E-state index contributed by atoms with van der Waals surface area (Å²) in [6.45, 7) is 0. The minimum absolute atomic E-state index is 0.172. The highest BCUT2D eigenvalue weighted by atomic mass is 16.3. The van der Waals surface area contributed by atoms with Crippen molar-refractivity contribution < 1.29 is 9.90 Å². The molecule has 3 aliphatic rings. The molecular weight excluding hydrogens is 140 g/mol. The summed E-state index contributed by atoms with van der Waals surface area (Å²) in [7, 11) is 0. The van der Waals surface area contributed by atoms with Crippen molar-refractivity contribution in [2.75, 3.05) is 0 Å². The van der Waals surface area contributed by atoms with E-state index in [9.17, 15) is 9.90 Å². The Balaban J connectivity index is 2.46. The SMILES string of the molecule is O=C1C=CC2C=CC1(O)CC2. The Morgan fingerprint density at radius 3 is 3.00 bits per heavy atom. The molecule has 0 aromatic heterocycles. The van der Waals surface area contributed by atoms with E-state index in [0.29, 0.717) is 12.3 Å². The van der Waals surface area contributed by atoms with Gasteiger partial charge in [0.1, 0.15) is 5.60 Å². The lowest BCUT2D eigenvalue weighted by Gasteiger charge is -2.24. The van der Waals surface area contributed by atoms with Gasteiger partial charge in [-0.15, -0.1) is 0 Å². The fraction of sp³-hybridized carbons (Fsp3) is 0.444. The number of carbonyl (C=O) groups excluding carboxylic acids is 1. The molecule has 2 unspecified atom stereocenters. The molecule has 58 valence electrons. The maximum atomic E-state index is 11.2. The van der Waals surface area contributed by atoms with E-state index in [1.165, 1.54) is 6.08 Å². The van der Waals surface area contributed by atoms with E-state index in [0.717, 1.165) is 6.42 Å². The summed E-state index contributed by atoms with van der Waals surface area (Å²) in [6, 6.07) is 0. The molecule has 3 rings (SSSR count). The average Bonchev–Trinajstić information content (AvgIpc) is 2.22. The van der Waals surface area contributed by atoms with Crippen molar-refractivity contribution in [2.45, 2.75) is 18.4 Å². The van der Waals surface area contributed by atoms with Gasteiger partial charge >= 0.3 is 0 Å². The fourth-order valence-corrected chi connectivity index (χ4v) is 1.57. The van der Waals surface area contributed by atoms with E-state index >= 15 is 0 Å². The fourth-order valence-electron chi connectivity index (χ4n) is 1.57. The summed E-state index contributed by atoms with van der Waals surface area (Å²) in [5.41, 5.74) is -1.18. The molecule has 0 radical (unpaired) electrons. The van der Waals surface area contributed by atoms with Gasteiger partial charge in [-0.25, -0.2) is 0 Å². The van der Waals surface area contributed by atoms with E-state index < -0.39 is 5.60 Å². The van der Waals surface area contributed by atoms with Crippen LogP contribution >= 0.6 is 0 Å². The molecule has 2 nitrogen and oxygen atoms in total. The Kier molecular flexibility index (Phi) is 1.26. The van der Waals surface area contributed by atoms with Crippen molar-refractivity contribution in [2.24, 2.45) is 5.92 Å². The van der Waals surface area contributed by atoms with Gasteiger partial charge in [-0.05, 0) is 30.9 Å². The molecule has 0 saturated carbocycles. The normalized spacial score (nSPS) is 41.2. The van der Waals surface area contributed by atoms with Crippen LogP contribution in [-0.2, 0) is 4.79 Å². The zero-order valence-electron chi connectivity index (χ0n) is 6.16. The maximum Gasteiger partial charge on any atom is 0.190 e. The van der Waals surface area contributed by atoms with Gasteiger partial charge in [-0.1, -0.05) is 12.2 Å². The lowest BCUT2D eigenvalue weighted by molar-refractivity contribution is -0.128. The van der Waals surface area contributed by atoms with E-state index in [2.05, 4.69) is 0 Å². The smallest absolute Gasteiger partial charge is 0.190 e. The Hall–Kier alpha value is -0.890. The van der Waals surface area contributed by atoms with Crippen molar-refractivity contribution in [3.8, 4) is 0 Å². The summed E-state index contributed by atoms with van der Waals surface area (Å²) >= 11 is 0. The molecule has 2 bridgehead atoms. The Bertz CT molecular complexity index is 252. The third-order valence-corrected chi connectivity index (χ3v) is 2.40. The number of rotatable bonds is 0. The van der Waals surface area contributed by atoms with Crippen LogP contribution in [0.1, 0.15) is 12.8 Å². The van der Waals surface area contributed by atoms with Gasteiger partial charge in [-0.2, -0.15) is 0 Å². The first-order valence-electron chi connectivity index (χ1n) is 3.85. The molecule has 1 N–H and O–H groups in total. The monoisotopic (exact) mass is 150 g/mol. The molecule has 0 aliphatic heterocycles. The summed E-state index contributed by atoms with van der Waals surface area (Å²) in [6.07, 6.45) is 8.35. The number of allylic oxidation sites excluding steroid dienone is 2. The largest absolute Gasteiger partial charge is 0.378 e. The van der Waals surface area contributed by atoms with Gasteiger partial charge in [0, 0.05) is 0 Å². The molecule has 3 aliphatic carbocycles. The van der Waals surface area contributed by atoms with Crippen LogP contribution in [0.25, 0.3) is 0 Å². The minimum atomic E-state index is -1.18. The topological polar surface area (TPSA) is 37.3 Å². The lowest BCUT2D eigenvalue weighted by Crippen LogP contribution is -2.35. The van der Waals surface area contributed by atoms with Gasteiger partial charge in [0.05, 0.1) is 0 Å². The van der Waals surface area contributed by atoms with E-state index in [4.69, 9.17) is 0 Å². The predicted molar refractivity (Wildman–Crippen MR) is 41.0 cm³/mol. The number of ketones is 1. The van der Waals surface area contributed by atoms with Crippen LogP contribution in [0, 0.1) is 5.92 Å². The lowest BCUT2D eigenvalue weighted by atomic mass is 9.86. The number of fused-ring (bicyclic) bond motifs is 2. The first-order valence-corrected chi connectivity index (χ1v) is 3.85. The first kappa shape index (κ1) is 6.80. The van der Waals surface area contributed by atoms with E-state index in [-0.39, 0.29) is 5.78 Å². The molecule has 11 heavy (non-hydrogen) atoms. The predicted octanol–water partition coefficient (Wildman–Crippen LogP) is 0.823. The van der Waals surface area contributed by atoms with Gasteiger partial charge in [-0.3, -0.25) is 4.79 Å². The Labute approximate surface area is 65.2 Å². The summed E-state index contributed by atoms with van der Waals surface area (Å²) in [5.74, 6) is 0.190. The second-order valence-corrected chi connectivity index (χ2v) is 3.21. The number of aliphatic hydroxyl groups is 1. The highest BCUT2D eigenvalue weighted by molar-refractivity contribution is 5.99. The van der Waals surface area contributed by atoms with Crippen LogP contribution in [0.5, 0.6) is 0 Å². The summed E-state index contributed by atoms with van der Waals surface area (Å²) in [4.78, 5) is 11.2.